The average Bonchev–Trinajstić information content (AvgIpc) is 3.12. The van der Waals surface area contributed by atoms with E-state index in [4.69, 9.17) is 0 Å². The zero-order valence-corrected chi connectivity index (χ0v) is 13.1. The third-order valence-corrected chi connectivity index (χ3v) is 4.65. The number of carbonyl (C=O) groups excluding carboxylic acids is 2. The number of nitrogens with one attached hydrogen (secondary N) is 1. The van der Waals surface area contributed by atoms with Crippen LogP contribution in [0.5, 0.6) is 0 Å². The maximum Gasteiger partial charge on any atom is 0.325 e. The number of nitrogens with zero attached hydrogens (tertiary/aromatic N) is 1. The monoisotopic (exact) mass is 334 g/mol. The van der Waals surface area contributed by atoms with Gasteiger partial charge >= 0.3 is 6.03 Å². The molecule has 2 atom stereocenters. The van der Waals surface area contributed by atoms with Crippen molar-refractivity contribution in [3.8, 4) is 0 Å². The average molecular weight is 334 g/mol. The normalized spacial score (nSPS) is 22.3. The Labute approximate surface area is 136 Å². The number of aliphatic hydroxyl groups is 1. The number of rotatable bonds is 4. The van der Waals surface area contributed by atoms with Crippen LogP contribution < -0.4 is 5.32 Å². The molecule has 0 unspecified atom stereocenters. The second-order valence-corrected chi connectivity index (χ2v) is 6.33. The number of benzene rings is 1. The minimum absolute atomic E-state index is 0.228. The van der Waals surface area contributed by atoms with Crippen molar-refractivity contribution in [3.63, 3.8) is 0 Å². The van der Waals surface area contributed by atoms with Gasteiger partial charge in [0.05, 0.1) is 12.6 Å². The Balaban J connectivity index is 1.81. The Morgan fingerprint density at radius 3 is 2.83 bits per heavy atom. The summed E-state index contributed by atoms with van der Waals surface area (Å²) in [5.74, 6) is -0.918. The van der Waals surface area contributed by atoms with Crippen molar-refractivity contribution in [2.75, 3.05) is 6.54 Å². The Kier molecular flexibility index (Phi) is 3.91. The maximum atomic E-state index is 13.2. The number of thiophene rings is 1. The summed E-state index contributed by atoms with van der Waals surface area (Å²) in [6, 6.07) is 6.66. The van der Waals surface area contributed by atoms with Crippen molar-refractivity contribution in [1.82, 2.24) is 10.2 Å². The molecule has 1 aliphatic heterocycles. The summed E-state index contributed by atoms with van der Waals surface area (Å²) in [6.07, 6.45) is -1.15. The van der Waals surface area contributed by atoms with E-state index in [-0.39, 0.29) is 6.54 Å². The number of carbonyl (C=O) groups is 2. The highest BCUT2D eigenvalue weighted by molar-refractivity contribution is 7.08. The second-order valence-electron chi connectivity index (χ2n) is 5.55. The third kappa shape index (κ3) is 2.73. The summed E-state index contributed by atoms with van der Waals surface area (Å²) in [7, 11) is 0. The first-order valence-electron chi connectivity index (χ1n) is 7.02. The number of hydrogen-bond donors (Lipinski definition) is 2. The fraction of sp³-hybridized carbons (Fsp3) is 0.250. The van der Waals surface area contributed by atoms with Gasteiger partial charge < -0.3 is 10.4 Å². The summed E-state index contributed by atoms with van der Waals surface area (Å²) in [6.45, 7) is 1.40. The molecule has 0 spiro atoms. The van der Waals surface area contributed by atoms with Gasteiger partial charge in [-0.3, -0.25) is 9.69 Å². The molecule has 1 saturated heterocycles. The molecule has 3 amide bonds. The van der Waals surface area contributed by atoms with E-state index in [2.05, 4.69) is 5.32 Å². The second kappa shape index (κ2) is 5.75. The van der Waals surface area contributed by atoms with Crippen LogP contribution in [0.1, 0.15) is 24.2 Å². The smallest absolute Gasteiger partial charge is 0.325 e. The summed E-state index contributed by atoms with van der Waals surface area (Å²) in [5.41, 5.74) is -0.128. The largest absolute Gasteiger partial charge is 0.387 e. The van der Waals surface area contributed by atoms with Crippen LogP contribution in [-0.2, 0) is 10.3 Å². The van der Waals surface area contributed by atoms with Gasteiger partial charge in [-0.1, -0.05) is 12.1 Å². The number of imide groups is 1. The summed E-state index contributed by atoms with van der Waals surface area (Å²) in [5, 5.41) is 16.5. The predicted molar refractivity (Wildman–Crippen MR) is 83.3 cm³/mol. The Bertz CT molecular complexity index is 750. The lowest BCUT2D eigenvalue weighted by atomic mass is 9.95. The summed E-state index contributed by atoms with van der Waals surface area (Å²) < 4.78 is 13.2. The highest BCUT2D eigenvalue weighted by atomic mass is 32.1. The van der Waals surface area contributed by atoms with Crippen molar-refractivity contribution in [2.45, 2.75) is 18.6 Å². The van der Waals surface area contributed by atoms with Gasteiger partial charge in [0.1, 0.15) is 11.4 Å². The van der Waals surface area contributed by atoms with Gasteiger partial charge in [0.15, 0.2) is 0 Å². The van der Waals surface area contributed by atoms with Gasteiger partial charge in [-0.2, -0.15) is 11.3 Å². The fourth-order valence-corrected chi connectivity index (χ4v) is 3.36. The van der Waals surface area contributed by atoms with Gasteiger partial charge in [-0.05, 0) is 47.0 Å². The van der Waals surface area contributed by atoms with Crippen molar-refractivity contribution >= 4 is 23.3 Å². The van der Waals surface area contributed by atoms with Gasteiger partial charge in [0.2, 0.25) is 0 Å². The molecule has 2 aromatic rings. The van der Waals surface area contributed by atoms with E-state index in [1.54, 1.807) is 24.4 Å². The zero-order chi connectivity index (χ0) is 16.6. The SMILES string of the molecule is C[C@@]1(c2ccsc2)NC(=O)N(C[C@@H](O)c2cccc(F)c2)C1=O. The first-order chi connectivity index (χ1) is 10.9. The molecular weight excluding hydrogens is 319 g/mol. The van der Waals surface area contributed by atoms with Gasteiger partial charge in [0, 0.05) is 0 Å². The Hall–Kier alpha value is -2.25. The number of hydrogen-bond acceptors (Lipinski definition) is 4. The van der Waals surface area contributed by atoms with Gasteiger partial charge in [0.25, 0.3) is 5.91 Å². The molecule has 1 fully saturated rings. The topological polar surface area (TPSA) is 69.6 Å². The highest BCUT2D eigenvalue weighted by Crippen LogP contribution is 2.31. The summed E-state index contributed by atoms with van der Waals surface area (Å²) >= 11 is 1.43. The zero-order valence-electron chi connectivity index (χ0n) is 12.3. The van der Waals surface area contributed by atoms with Crippen LogP contribution in [0, 0.1) is 5.82 Å². The minimum Gasteiger partial charge on any atom is -0.387 e. The lowest BCUT2D eigenvalue weighted by molar-refractivity contribution is -0.132. The Morgan fingerprint density at radius 2 is 2.17 bits per heavy atom. The molecular formula is C16H15FN2O3S. The molecule has 2 N–H and O–H groups in total. The molecule has 1 aromatic carbocycles. The molecule has 5 nitrogen and oxygen atoms in total. The lowest BCUT2D eigenvalue weighted by Gasteiger charge is -2.22. The van der Waals surface area contributed by atoms with Crippen molar-refractivity contribution in [1.29, 1.82) is 0 Å². The number of halogens is 1. The van der Waals surface area contributed by atoms with Crippen LogP contribution >= 0.6 is 11.3 Å². The molecule has 2 heterocycles. The highest BCUT2D eigenvalue weighted by Gasteiger charge is 2.49. The quantitative estimate of drug-likeness (QED) is 0.844. The third-order valence-electron chi connectivity index (χ3n) is 3.96. The molecule has 3 rings (SSSR count). The van der Waals surface area contributed by atoms with Crippen LogP contribution in [0.3, 0.4) is 0 Å². The summed E-state index contributed by atoms with van der Waals surface area (Å²) in [4.78, 5) is 25.7. The molecule has 7 heteroatoms. The molecule has 23 heavy (non-hydrogen) atoms. The van der Waals surface area contributed by atoms with E-state index in [1.807, 2.05) is 5.38 Å². The fourth-order valence-electron chi connectivity index (χ4n) is 2.60. The van der Waals surface area contributed by atoms with Crippen molar-refractivity contribution in [3.05, 3.63) is 58.0 Å². The molecule has 0 radical (unpaired) electrons. The van der Waals surface area contributed by atoms with E-state index in [0.717, 1.165) is 4.90 Å². The van der Waals surface area contributed by atoms with Crippen LogP contribution in [0.25, 0.3) is 0 Å². The Morgan fingerprint density at radius 1 is 1.39 bits per heavy atom. The number of amides is 3. The first-order valence-corrected chi connectivity index (χ1v) is 7.96. The van der Waals surface area contributed by atoms with Gasteiger partial charge in [-0.25, -0.2) is 9.18 Å². The van der Waals surface area contributed by atoms with E-state index >= 15 is 0 Å². The van der Waals surface area contributed by atoms with E-state index in [0.29, 0.717) is 11.1 Å². The van der Waals surface area contributed by atoms with Crippen molar-refractivity contribution < 1.29 is 19.1 Å². The molecule has 120 valence electrons. The van der Waals surface area contributed by atoms with Gasteiger partial charge in [-0.15, -0.1) is 0 Å². The van der Waals surface area contributed by atoms with E-state index < -0.39 is 29.4 Å². The minimum atomic E-state index is -1.15. The number of aliphatic hydroxyl groups excluding tert-OH is 1. The molecule has 0 bridgehead atoms. The van der Waals surface area contributed by atoms with Crippen molar-refractivity contribution in [2.24, 2.45) is 0 Å². The molecule has 0 saturated carbocycles. The molecule has 1 aromatic heterocycles. The predicted octanol–water partition coefficient (Wildman–Crippen LogP) is 2.39. The first kappa shape index (κ1) is 15.6. The molecule has 0 aliphatic carbocycles. The number of urea groups is 1. The van der Waals surface area contributed by atoms with Crippen LogP contribution in [0.2, 0.25) is 0 Å². The van der Waals surface area contributed by atoms with Crippen LogP contribution in [0.15, 0.2) is 41.1 Å². The molecule has 1 aliphatic rings. The lowest BCUT2D eigenvalue weighted by Crippen LogP contribution is -2.41. The van der Waals surface area contributed by atoms with E-state index in [9.17, 15) is 19.1 Å². The van der Waals surface area contributed by atoms with Crippen LogP contribution in [0.4, 0.5) is 9.18 Å². The maximum absolute atomic E-state index is 13.2. The number of β-amino-alcohol motifs (C(OH)–C–C–N with tert-alkyl or cyclic N) is 1. The van der Waals surface area contributed by atoms with E-state index in [1.165, 1.54) is 29.5 Å². The standard InChI is InChI=1S/C16H15FN2O3S/c1-16(11-5-6-23-9-11)14(21)19(15(22)18-16)8-13(20)10-3-2-4-12(17)7-10/h2-7,9,13,20H,8H2,1H3,(H,18,22)/t13-,16+/m1/s1. The van der Waals surface area contributed by atoms with Crippen LogP contribution in [-0.4, -0.2) is 28.5 Å².